The number of carbonyl (C=O) groups is 1. The van der Waals surface area contributed by atoms with Crippen molar-refractivity contribution in [3.8, 4) is 11.5 Å². The lowest BCUT2D eigenvalue weighted by atomic mass is 9.47. The molecule has 3 fully saturated rings. The van der Waals surface area contributed by atoms with Gasteiger partial charge < -0.3 is 14.2 Å². The van der Waals surface area contributed by atoms with Gasteiger partial charge in [0.1, 0.15) is 17.6 Å². The van der Waals surface area contributed by atoms with E-state index in [0.717, 1.165) is 73.5 Å². The Hall–Kier alpha value is -1.97. The molecule has 0 aliphatic heterocycles. The van der Waals surface area contributed by atoms with Crippen molar-refractivity contribution in [3.63, 3.8) is 0 Å². The predicted octanol–water partition coefficient (Wildman–Crippen LogP) is 12.0. The smallest absolute Gasteiger partial charge is 0.494 e. The van der Waals surface area contributed by atoms with Gasteiger partial charge in [-0.25, -0.2) is 4.79 Å². The molecule has 0 N–H and O–H groups in total. The molecule has 0 bridgehead atoms. The normalized spacial score (nSPS) is 33.0. The molecule has 8 atom stereocenters. The van der Waals surface area contributed by atoms with Gasteiger partial charge in [-0.05, 0) is 122 Å². The van der Waals surface area contributed by atoms with Gasteiger partial charge in [0.2, 0.25) is 0 Å². The van der Waals surface area contributed by atoms with E-state index in [2.05, 4.69) is 47.6 Å². The Morgan fingerprint density at radius 3 is 2.38 bits per heavy atom. The van der Waals surface area contributed by atoms with Crippen molar-refractivity contribution in [1.82, 2.24) is 0 Å². The molecule has 0 amide bonds. The molecule has 4 nitrogen and oxygen atoms in total. The Balaban J connectivity index is 1.11. The average Bonchev–Trinajstić information content (AvgIpc) is 3.37. The average molecular weight is 621 g/mol. The second-order valence-corrected chi connectivity index (χ2v) is 16.4. The molecule has 4 aliphatic rings. The molecule has 0 saturated heterocycles. The van der Waals surface area contributed by atoms with Crippen LogP contribution in [-0.4, -0.2) is 18.9 Å². The van der Waals surface area contributed by atoms with Gasteiger partial charge in [-0.1, -0.05) is 98.1 Å². The first-order chi connectivity index (χ1) is 21.6. The van der Waals surface area contributed by atoms with E-state index in [0.29, 0.717) is 11.2 Å². The zero-order valence-electron chi connectivity index (χ0n) is 29.6. The molecular weight excluding hydrogens is 556 g/mol. The first-order valence-corrected chi connectivity index (χ1v) is 18.9. The molecule has 4 heteroatoms. The quantitative estimate of drug-likeness (QED) is 0.0898. The van der Waals surface area contributed by atoms with Gasteiger partial charge in [0.25, 0.3) is 0 Å². The van der Waals surface area contributed by atoms with E-state index in [4.69, 9.17) is 14.2 Å². The van der Waals surface area contributed by atoms with Crippen molar-refractivity contribution in [2.24, 2.45) is 46.3 Å². The molecule has 0 spiro atoms. The summed E-state index contributed by atoms with van der Waals surface area (Å²) in [6.07, 6.45) is 21.9. The van der Waals surface area contributed by atoms with E-state index in [1.807, 2.05) is 12.1 Å². The number of hydrogen-bond donors (Lipinski definition) is 0. The molecule has 5 rings (SSSR count). The van der Waals surface area contributed by atoms with Crippen molar-refractivity contribution < 1.29 is 19.0 Å². The third kappa shape index (κ3) is 7.95. The molecule has 4 aliphatic carbocycles. The number of carbonyl (C=O) groups excluding carboxylic acids is 1. The predicted molar refractivity (Wildman–Crippen MR) is 185 cm³/mol. The summed E-state index contributed by atoms with van der Waals surface area (Å²) in [5, 5.41) is 0. The Morgan fingerprint density at radius 2 is 1.62 bits per heavy atom. The Labute approximate surface area is 275 Å². The standard InChI is InChI=1S/C41H64O4/c1-7-8-9-10-11-27-43-32-16-18-33(19-17-32)44-39(42)45-34-23-25-40(5)31(28-34)15-20-35-37-22-21-36(30(4)14-12-13-29(2)3)41(37,6)26-24-38(35)40/h15-19,29-30,34-38H,7-14,20-28H2,1-6H3/t30-,34+,35+,36-,37+,38+,40+,41-/m1/s1. The van der Waals surface area contributed by atoms with Crippen LogP contribution >= 0.6 is 0 Å². The van der Waals surface area contributed by atoms with Crippen LogP contribution in [0.2, 0.25) is 0 Å². The number of allylic oxidation sites excluding steroid dienone is 1. The fourth-order valence-electron chi connectivity index (χ4n) is 10.5. The molecule has 45 heavy (non-hydrogen) atoms. The number of fused-ring (bicyclic) bond motifs is 5. The zero-order chi connectivity index (χ0) is 32.0. The fraction of sp³-hybridized carbons (Fsp3) is 0.780. The highest BCUT2D eigenvalue weighted by atomic mass is 16.7. The molecule has 252 valence electrons. The maximum absolute atomic E-state index is 12.8. The topological polar surface area (TPSA) is 44.8 Å². The molecule has 0 radical (unpaired) electrons. The molecule has 1 aromatic carbocycles. The van der Waals surface area contributed by atoms with Crippen LogP contribution in [0.4, 0.5) is 4.79 Å². The van der Waals surface area contributed by atoms with Crippen molar-refractivity contribution in [3.05, 3.63) is 35.9 Å². The zero-order valence-corrected chi connectivity index (χ0v) is 29.6. The van der Waals surface area contributed by atoms with Crippen LogP contribution in [0, 0.1) is 46.3 Å². The summed E-state index contributed by atoms with van der Waals surface area (Å²) in [5.41, 5.74) is 2.31. The molecular formula is C41H64O4. The van der Waals surface area contributed by atoms with Crippen LogP contribution in [0.15, 0.2) is 35.9 Å². The van der Waals surface area contributed by atoms with Gasteiger partial charge in [0.05, 0.1) is 6.61 Å². The highest BCUT2D eigenvalue weighted by Gasteiger charge is 2.59. The number of hydrogen-bond acceptors (Lipinski definition) is 4. The summed E-state index contributed by atoms with van der Waals surface area (Å²) in [6, 6.07) is 7.34. The van der Waals surface area contributed by atoms with Crippen molar-refractivity contribution >= 4 is 6.16 Å². The summed E-state index contributed by atoms with van der Waals surface area (Å²) < 4.78 is 17.3. The van der Waals surface area contributed by atoms with E-state index in [1.165, 1.54) is 77.0 Å². The van der Waals surface area contributed by atoms with E-state index in [9.17, 15) is 4.79 Å². The van der Waals surface area contributed by atoms with Gasteiger partial charge >= 0.3 is 6.16 Å². The summed E-state index contributed by atoms with van der Waals surface area (Å²) in [4.78, 5) is 12.8. The molecule has 0 aromatic heterocycles. The van der Waals surface area contributed by atoms with Crippen LogP contribution in [0.5, 0.6) is 11.5 Å². The second-order valence-electron chi connectivity index (χ2n) is 16.4. The lowest BCUT2D eigenvalue weighted by molar-refractivity contribution is -0.0597. The third-order valence-electron chi connectivity index (χ3n) is 13.1. The Kier molecular flexibility index (Phi) is 11.7. The number of benzene rings is 1. The number of unbranched alkanes of at least 4 members (excludes halogenated alkanes) is 4. The minimum Gasteiger partial charge on any atom is -0.494 e. The third-order valence-corrected chi connectivity index (χ3v) is 13.1. The van der Waals surface area contributed by atoms with Crippen molar-refractivity contribution in [2.45, 2.75) is 150 Å². The molecule has 3 saturated carbocycles. The summed E-state index contributed by atoms with van der Waals surface area (Å²) in [5.74, 6) is 6.35. The number of ether oxygens (including phenoxy) is 3. The van der Waals surface area contributed by atoms with Crippen LogP contribution in [0.3, 0.4) is 0 Å². The van der Waals surface area contributed by atoms with E-state index < -0.39 is 6.16 Å². The monoisotopic (exact) mass is 620 g/mol. The minimum atomic E-state index is -0.588. The first-order valence-electron chi connectivity index (χ1n) is 18.9. The summed E-state index contributed by atoms with van der Waals surface area (Å²) in [6.45, 7) is 15.5. The van der Waals surface area contributed by atoms with Crippen molar-refractivity contribution in [2.75, 3.05) is 6.61 Å². The largest absolute Gasteiger partial charge is 0.514 e. The molecule has 1 aromatic rings. The second kappa shape index (κ2) is 15.3. The SMILES string of the molecule is CCCCCCCOc1ccc(OC(=O)O[C@H]2CC[C@@]3(C)C(=CC[C@H]4[C@@H]5CC[C@H]([C@H](C)CCCC(C)C)[C@@]5(C)CC[C@@H]43)C2)cc1. The molecule has 0 unspecified atom stereocenters. The molecule has 0 heterocycles. The van der Waals surface area contributed by atoms with Gasteiger partial charge in [-0.3, -0.25) is 0 Å². The maximum Gasteiger partial charge on any atom is 0.514 e. The van der Waals surface area contributed by atoms with Gasteiger partial charge in [0, 0.05) is 6.42 Å². The van der Waals surface area contributed by atoms with Crippen LogP contribution < -0.4 is 9.47 Å². The van der Waals surface area contributed by atoms with E-state index in [-0.39, 0.29) is 11.5 Å². The van der Waals surface area contributed by atoms with Crippen LogP contribution in [-0.2, 0) is 4.74 Å². The summed E-state index contributed by atoms with van der Waals surface area (Å²) in [7, 11) is 0. The highest BCUT2D eigenvalue weighted by molar-refractivity contribution is 5.64. The minimum absolute atomic E-state index is 0.0971. The summed E-state index contributed by atoms with van der Waals surface area (Å²) >= 11 is 0. The lowest BCUT2D eigenvalue weighted by Crippen LogP contribution is -2.51. The first kappa shape index (κ1) is 34.4. The van der Waals surface area contributed by atoms with E-state index in [1.54, 1.807) is 17.7 Å². The Morgan fingerprint density at radius 1 is 0.867 bits per heavy atom. The van der Waals surface area contributed by atoms with Gasteiger partial charge in [-0.2, -0.15) is 0 Å². The Bertz CT molecular complexity index is 1120. The van der Waals surface area contributed by atoms with Gasteiger partial charge in [-0.15, -0.1) is 0 Å². The number of rotatable bonds is 14. The van der Waals surface area contributed by atoms with Crippen LogP contribution in [0.25, 0.3) is 0 Å². The highest BCUT2D eigenvalue weighted by Crippen LogP contribution is 2.67. The van der Waals surface area contributed by atoms with Gasteiger partial charge in [0.15, 0.2) is 0 Å². The maximum atomic E-state index is 12.8. The lowest BCUT2D eigenvalue weighted by Gasteiger charge is -2.58. The van der Waals surface area contributed by atoms with Crippen molar-refractivity contribution in [1.29, 1.82) is 0 Å². The van der Waals surface area contributed by atoms with E-state index >= 15 is 0 Å². The van der Waals surface area contributed by atoms with Crippen LogP contribution in [0.1, 0.15) is 144 Å². The fourth-order valence-corrected chi connectivity index (χ4v) is 10.5.